The van der Waals surface area contributed by atoms with E-state index in [1.54, 1.807) is 0 Å². The van der Waals surface area contributed by atoms with Crippen LogP contribution in [0.1, 0.15) is 27.7 Å². The molecule has 0 saturated carbocycles. The Hall–Kier alpha value is -0.780. The Morgan fingerprint density at radius 2 is 1.91 bits per heavy atom. The summed E-state index contributed by atoms with van der Waals surface area (Å²) in [4.78, 5) is 0. The molecule has 0 N–H and O–H groups in total. The second-order valence-corrected chi connectivity index (χ2v) is 3.49. The minimum absolute atomic E-state index is 0.602. The van der Waals surface area contributed by atoms with Gasteiger partial charge in [-0.05, 0) is 32.3 Å². The van der Waals surface area contributed by atoms with Gasteiger partial charge in [0.25, 0.3) is 0 Å². The third-order valence-electron chi connectivity index (χ3n) is 2.11. The molecule has 0 bridgehead atoms. The third kappa shape index (κ3) is 1.83. The van der Waals surface area contributed by atoms with E-state index in [1.807, 2.05) is 0 Å². The summed E-state index contributed by atoms with van der Waals surface area (Å²) in [6, 6.07) is 0. The zero-order valence-corrected chi connectivity index (χ0v) is 7.81. The Morgan fingerprint density at radius 1 is 1.27 bits per heavy atom. The monoisotopic (exact) mass is 148 g/mol. The lowest BCUT2D eigenvalue weighted by atomic mass is 9.90. The molecule has 0 heteroatoms. The third-order valence-corrected chi connectivity index (χ3v) is 2.11. The van der Waals surface area contributed by atoms with Crippen LogP contribution in [-0.2, 0) is 0 Å². The fourth-order valence-electron chi connectivity index (χ4n) is 1.53. The van der Waals surface area contributed by atoms with Crippen molar-refractivity contribution in [1.29, 1.82) is 0 Å². The quantitative estimate of drug-likeness (QED) is 0.493. The van der Waals surface area contributed by atoms with E-state index in [0.717, 1.165) is 0 Å². The van der Waals surface area contributed by atoms with Gasteiger partial charge >= 0.3 is 0 Å². The molecular formula is C11H16. The zero-order chi connectivity index (χ0) is 8.43. The van der Waals surface area contributed by atoms with Crippen LogP contribution in [0.15, 0.2) is 34.9 Å². The Balaban J connectivity index is 2.95. The van der Waals surface area contributed by atoms with Gasteiger partial charge in [-0.3, -0.25) is 0 Å². The summed E-state index contributed by atoms with van der Waals surface area (Å²) in [5.41, 5.74) is 4.27. The van der Waals surface area contributed by atoms with Crippen molar-refractivity contribution in [1.82, 2.24) is 0 Å². The molecule has 0 spiro atoms. The molecule has 1 aliphatic rings. The molecule has 60 valence electrons. The summed E-state index contributed by atoms with van der Waals surface area (Å²) in [6.07, 6.45) is 6.72. The Morgan fingerprint density at radius 3 is 2.36 bits per heavy atom. The van der Waals surface area contributed by atoms with Crippen LogP contribution in [0, 0.1) is 5.92 Å². The summed E-state index contributed by atoms with van der Waals surface area (Å²) in [7, 11) is 0. The largest absolute Gasteiger partial charge is 0.0744 e. The summed E-state index contributed by atoms with van der Waals surface area (Å²) in [5.74, 6) is 0.602. The fraction of sp³-hybridized carbons (Fsp3) is 0.455. The lowest BCUT2D eigenvalue weighted by molar-refractivity contribution is 0.856. The number of hydrogen-bond donors (Lipinski definition) is 0. The van der Waals surface area contributed by atoms with Crippen LogP contribution in [0.2, 0.25) is 0 Å². The van der Waals surface area contributed by atoms with Crippen molar-refractivity contribution in [2.75, 3.05) is 0 Å². The van der Waals surface area contributed by atoms with E-state index >= 15 is 0 Å². The SMILES string of the molecule is CC1=CC(C)C(=C(C)C)C=C1. The average Bonchev–Trinajstić information content (AvgIpc) is 1.85. The Bertz CT molecular complexity index is 235. The van der Waals surface area contributed by atoms with Gasteiger partial charge in [-0.1, -0.05) is 36.3 Å². The maximum Gasteiger partial charge on any atom is -0.000538 e. The first kappa shape index (κ1) is 8.32. The van der Waals surface area contributed by atoms with Gasteiger partial charge in [0.2, 0.25) is 0 Å². The molecule has 0 radical (unpaired) electrons. The standard InChI is InChI=1S/C11H16/c1-8(2)11-6-5-9(3)7-10(11)4/h5-7,10H,1-4H3. The molecule has 1 aliphatic carbocycles. The van der Waals surface area contributed by atoms with E-state index in [1.165, 1.54) is 16.7 Å². The molecule has 0 nitrogen and oxygen atoms in total. The molecule has 1 unspecified atom stereocenters. The van der Waals surface area contributed by atoms with E-state index in [4.69, 9.17) is 0 Å². The predicted molar refractivity (Wildman–Crippen MR) is 50.4 cm³/mol. The van der Waals surface area contributed by atoms with Gasteiger partial charge < -0.3 is 0 Å². The first-order valence-corrected chi connectivity index (χ1v) is 4.15. The van der Waals surface area contributed by atoms with Crippen LogP contribution in [0.4, 0.5) is 0 Å². The minimum Gasteiger partial charge on any atom is -0.0744 e. The Labute approximate surface area is 69.3 Å². The van der Waals surface area contributed by atoms with E-state index in [0.29, 0.717) is 5.92 Å². The average molecular weight is 148 g/mol. The molecule has 0 aromatic rings. The highest BCUT2D eigenvalue weighted by atomic mass is 14.1. The van der Waals surface area contributed by atoms with Gasteiger partial charge in [0, 0.05) is 0 Å². The van der Waals surface area contributed by atoms with Crippen molar-refractivity contribution in [3.8, 4) is 0 Å². The van der Waals surface area contributed by atoms with Gasteiger partial charge in [0.1, 0.15) is 0 Å². The zero-order valence-electron chi connectivity index (χ0n) is 7.81. The van der Waals surface area contributed by atoms with Crippen molar-refractivity contribution in [2.24, 2.45) is 5.92 Å². The molecule has 11 heavy (non-hydrogen) atoms. The second kappa shape index (κ2) is 3.08. The van der Waals surface area contributed by atoms with Crippen molar-refractivity contribution < 1.29 is 0 Å². The van der Waals surface area contributed by atoms with Crippen LogP contribution >= 0.6 is 0 Å². The van der Waals surface area contributed by atoms with Crippen LogP contribution in [0.25, 0.3) is 0 Å². The highest BCUT2D eigenvalue weighted by molar-refractivity contribution is 5.38. The first-order valence-electron chi connectivity index (χ1n) is 4.15. The molecule has 0 heterocycles. The topological polar surface area (TPSA) is 0 Å². The second-order valence-electron chi connectivity index (χ2n) is 3.49. The molecule has 0 saturated heterocycles. The highest BCUT2D eigenvalue weighted by Crippen LogP contribution is 2.23. The summed E-state index contributed by atoms with van der Waals surface area (Å²) >= 11 is 0. The van der Waals surface area contributed by atoms with E-state index in [9.17, 15) is 0 Å². The fourth-order valence-corrected chi connectivity index (χ4v) is 1.53. The lowest BCUT2D eigenvalue weighted by Crippen LogP contribution is -1.99. The maximum atomic E-state index is 2.31. The van der Waals surface area contributed by atoms with Gasteiger partial charge in [-0.15, -0.1) is 0 Å². The van der Waals surface area contributed by atoms with E-state index in [-0.39, 0.29) is 0 Å². The van der Waals surface area contributed by atoms with Crippen LogP contribution in [-0.4, -0.2) is 0 Å². The molecule has 0 aromatic heterocycles. The molecule has 1 atom stereocenters. The molecule has 0 fully saturated rings. The molecular weight excluding hydrogens is 132 g/mol. The van der Waals surface area contributed by atoms with Crippen molar-refractivity contribution >= 4 is 0 Å². The maximum absolute atomic E-state index is 2.31. The van der Waals surface area contributed by atoms with Crippen molar-refractivity contribution in [2.45, 2.75) is 27.7 Å². The van der Waals surface area contributed by atoms with Gasteiger partial charge in [-0.25, -0.2) is 0 Å². The Kier molecular flexibility index (Phi) is 2.33. The number of allylic oxidation sites excluding steroid dienone is 6. The molecule has 1 rings (SSSR count). The molecule has 0 aliphatic heterocycles. The summed E-state index contributed by atoms with van der Waals surface area (Å²) in [6.45, 7) is 8.74. The molecule has 0 aromatic carbocycles. The van der Waals surface area contributed by atoms with Gasteiger partial charge in [0.15, 0.2) is 0 Å². The number of hydrogen-bond acceptors (Lipinski definition) is 0. The van der Waals surface area contributed by atoms with Gasteiger partial charge in [0.05, 0.1) is 0 Å². The predicted octanol–water partition coefficient (Wildman–Crippen LogP) is 3.48. The van der Waals surface area contributed by atoms with Crippen LogP contribution in [0.5, 0.6) is 0 Å². The normalized spacial score (nSPS) is 23.5. The lowest BCUT2D eigenvalue weighted by Gasteiger charge is -2.15. The van der Waals surface area contributed by atoms with E-state index in [2.05, 4.69) is 45.9 Å². The summed E-state index contributed by atoms with van der Waals surface area (Å²) < 4.78 is 0. The van der Waals surface area contributed by atoms with E-state index < -0.39 is 0 Å². The van der Waals surface area contributed by atoms with Crippen LogP contribution in [0.3, 0.4) is 0 Å². The summed E-state index contributed by atoms with van der Waals surface area (Å²) in [5, 5.41) is 0. The smallest absolute Gasteiger partial charge is 0.000538 e. The first-order chi connectivity index (χ1) is 5.11. The number of rotatable bonds is 0. The van der Waals surface area contributed by atoms with Crippen molar-refractivity contribution in [3.05, 3.63) is 34.9 Å². The van der Waals surface area contributed by atoms with Crippen LogP contribution < -0.4 is 0 Å². The molecule has 0 amide bonds. The minimum atomic E-state index is 0.602. The van der Waals surface area contributed by atoms with Crippen molar-refractivity contribution in [3.63, 3.8) is 0 Å². The van der Waals surface area contributed by atoms with Gasteiger partial charge in [-0.2, -0.15) is 0 Å². The highest BCUT2D eigenvalue weighted by Gasteiger charge is 2.07.